The van der Waals surface area contributed by atoms with E-state index in [0.717, 1.165) is 25.7 Å². The van der Waals surface area contributed by atoms with Crippen LogP contribution in [0.1, 0.15) is 38.2 Å². The van der Waals surface area contributed by atoms with Gasteiger partial charge < -0.3 is 4.74 Å². The molecule has 106 valence electrons. The summed E-state index contributed by atoms with van der Waals surface area (Å²) in [5.41, 5.74) is 1.37. The van der Waals surface area contributed by atoms with Crippen molar-refractivity contribution in [2.45, 2.75) is 39.0 Å². The molecular formula is C18H22O2. The normalized spacial score (nSPS) is 10.7. The minimum atomic E-state index is -0.0711. The number of ether oxygens (including phenoxy) is 1. The fourth-order valence-corrected chi connectivity index (χ4v) is 2.40. The van der Waals surface area contributed by atoms with Crippen LogP contribution in [0.4, 0.5) is 0 Å². The Bertz CT molecular complexity index is 560. The second-order valence-electron chi connectivity index (χ2n) is 5.05. The minimum absolute atomic E-state index is 0.0711. The van der Waals surface area contributed by atoms with Gasteiger partial charge in [0, 0.05) is 6.42 Å². The van der Waals surface area contributed by atoms with Crippen LogP contribution in [-0.4, -0.2) is 12.6 Å². The van der Waals surface area contributed by atoms with E-state index in [4.69, 9.17) is 4.74 Å². The van der Waals surface area contributed by atoms with Crippen LogP contribution >= 0.6 is 0 Å². The highest BCUT2D eigenvalue weighted by atomic mass is 16.5. The highest BCUT2D eigenvalue weighted by Gasteiger charge is 2.01. The molecule has 0 amide bonds. The highest BCUT2D eigenvalue weighted by Crippen LogP contribution is 2.17. The van der Waals surface area contributed by atoms with Crippen LogP contribution in [0.2, 0.25) is 0 Å². The minimum Gasteiger partial charge on any atom is -0.466 e. The lowest BCUT2D eigenvalue weighted by molar-refractivity contribution is -0.143. The van der Waals surface area contributed by atoms with Crippen molar-refractivity contribution in [3.63, 3.8) is 0 Å². The third-order valence-electron chi connectivity index (χ3n) is 3.47. The first-order chi connectivity index (χ1) is 9.79. The molecule has 0 unspecified atom stereocenters. The van der Waals surface area contributed by atoms with Gasteiger partial charge in [-0.2, -0.15) is 0 Å². The second kappa shape index (κ2) is 7.68. The summed E-state index contributed by atoms with van der Waals surface area (Å²) in [6, 6.07) is 15.1. The van der Waals surface area contributed by atoms with Crippen LogP contribution in [0.3, 0.4) is 0 Å². The molecule has 2 aromatic rings. The van der Waals surface area contributed by atoms with Gasteiger partial charge in [0.25, 0.3) is 0 Å². The third kappa shape index (κ3) is 4.37. The Morgan fingerprint density at radius 2 is 1.80 bits per heavy atom. The lowest BCUT2D eigenvalue weighted by atomic mass is 10.0. The average Bonchev–Trinajstić information content (AvgIpc) is 2.47. The van der Waals surface area contributed by atoms with Gasteiger partial charge >= 0.3 is 5.97 Å². The predicted molar refractivity (Wildman–Crippen MR) is 82.8 cm³/mol. The molecule has 0 fully saturated rings. The molecule has 2 rings (SSSR count). The van der Waals surface area contributed by atoms with E-state index in [2.05, 4.69) is 42.5 Å². The first-order valence-electron chi connectivity index (χ1n) is 7.43. The zero-order chi connectivity index (χ0) is 14.2. The first kappa shape index (κ1) is 14.6. The Labute approximate surface area is 120 Å². The number of unbranched alkanes of at least 4 members (excludes halogenated alkanes) is 2. The maximum atomic E-state index is 11.2. The number of aryl methyl sites for hydroxylation is 1. The fraction of sp³-hybridized carbons (Fsp3) is 0.389. The summed E-state index contributed by atoms with van der Waals surface area (Å²) < 4.78 is 4.92. The SMILES string of the molecule is CCOC(=O)CCCCCc1ccc2ccccc2c1. The van der Waals surface area contributed by atoms with Crippen LogP contribution in [-0.2, 0) is 16.0 Å². The van der Waals surface area contributed by atoms with E-state index in [1.54, 1.807) is 0 Å². The summed E-state index contributed by atoms with van der Waals surface area (Å²) in [5.74, 6) is -0.0711. The van der Waals surface area contributed by atoms with Gasteiger partial charge in [-0.05, 0) is 42.5 Å². The number of hydrogen-bond acceptors (Lipinski definition) is 2. The van der Waals surface area contributed by atoms with Gasteiger partial charge in [-0.15, -0.1) is 0 Å². The zero-order valence-electron chi connectivity index (χ0n) is 12.1. The van der Waals surface area contributed by atoms with Crippen LogP contribution in [0.15, 0.2) is 42.5 Å². The number of fused-ring (bicyclic) bond motifs is 1. The van der Waals surface area contributed by atoms with Crippen molar-refractivity contribution < 1.29 is 9.53 Å². The Morgan fingerprint density at radius 3 is 2.60 bits per heavy atom. The van der Waals surface area contributed by atoms with Gasteiger partial charge in [0.2, 0.25) is 0 Å². The Kier molecular flexibility index (Phi) is 5.60. The molecule has 0 aliphatic rings. The van der Waals surface area contributed by atoms with E-state index in [0.29, 0.717) is 13.0 Å². The number of carbonyl (C=O) groups excluding carboxylic acids is 1. The molecule has 0 saturated heterocycles. The summed E-state index contributed by atoms with van der Waals surface area (Å²) in [7, 11) is 0. The van der Waals surface area contributed by atoms with Gasteiger partial charge in [-0.25, -0.2) is 0 Å². The predicted octanol–water partition coefficient (Wildman–Crippen LogP) is 4.51. The number of esters is 1. The molecule has 0 saturated carbocycles. The van der Waals surface area contributed by atoms with Crippen molar-refractivity contribution in [3.05, 3.63) is 48.0 Å². The average molecular weight is 270 g/mol. The zero-order valence-corrected chi connectivity index (χ0v) is 12.1. The fourth-order valence-electron chi connectivity index (χ4n) is 2.40. The monoisotopic (exact) mass is 270 g/mol. The Balaban J connectivity index is 1.74. The van der Waals surface area contributed by atoms with Gasteiger partial charge in [0.05, 0.1) is 6.61 Å². The molecule has 0 radical (unpaired) electrons. The summed E-state index contributed by atoms with van der Waals surface area (Å²) in [4.78, 5) is 11.2. The van der Waals surface area contributed by atoms with E-state index < -0.39 is 0 Å². The quantitative estimate of drug-likeness (QED) is 0.546. The number of rotatable bonds is 7. The molecule has 0 spiro atoms. The molecule has 0 bridgehead atoms. The van der Waals surface area contributed by atoms with Gasteiger partial charge in [0.1, 0.15) is 0 Å². The highest BCUT2D eigenvalue weighted by molar-refractivity contribution is 5.82. The van der Waals surface area contributed by atoms with Gasteiger partial charge in [-0.3, -0.25) is 4.79 Å². The van der Waals surface area contributed by atoms with E-state index in [1.807, 2.05) is 6.92 Å². The van der Waals surface area contributed by atoms with Gasteiger partial charge in [0.15, 0.2) is 0 Å². The lowest BCUT2D eigenvalue weighted by Crippen LogP contribution is -2.03. The topological polar surface area (TPSA) is 26.3 Å². The maximum Gasteiger partial charge on any atom is 0.305 e. The van der Waals surface area contributed by atoms with Crippen LogP contribution in [0.5, 0.6) is 0 Å². The summed E-state index contributed by atoms with van der Waals surface area (Å²) >= 11 is 0. The van der Waals surface area contributed by atoms with Crippen LogP contribution in [0.25, 0.3) is 10.8 Å². The van der Waals surface area contributed by atoms with Crippen LogP contribution < -0.4 is 0 Å². The van der Waals surface area contributed by atoms with E-state index >= 15 is 0 Å². The summed E-state index contributed by atoms with van der Waals surface area (Å²) in [5, 5.41) is 2.59. The van der Waals surface area contributed by atoms with Gasteiger partial charge in [-0.1, -0.05) is 48.9 Å². The van der Waals surface area contributed by atoms with Crippen LogP contribution in [0, 0.1) is 0 Å². The molecule has 0 atom stereocenters. The van der Waals surface area contributed by atoms with E-state index in [1.165, 1.54) is 16.3 Å². The Morgan fingerprint density at radius 1 is 1.00 bits per heavy atom. The number of hydrogen-bond donors (Lipinski definition) is 0. The summed E-state index contributed by atoms with van der Waals surface area (Å²) in [6.07, 6.45) is 4.75. The third-order valence-corrected chi connectivity index (χ3v) is 3.47. The molecule has 0 N–H and O–H groups in total. The molecule has 0 aliphatic carbocycles. The molecule has 2 heteroatoms. The smallest absolute Gasteiger partial charge is 0.305 e. The van der Waals surface area contributed by atoms with Crippen molar-refractivity contribution in [1.82, 2.24) is 0 Å². The largest absolute Gasteiger partial charge is 0.466 e. The van der Waals surface area contributed by atoms with E-state index in [-0.39, 0.29) is 5.97 Å². The van der Waals surface area contributed by atoms with E-state index in [9.17, 15) is 4.79 Å². The van der Waals surface area contributed by atoms with Crippen molar-refractivity contribution in [2.75, 3.05) is 6.61 Å². The molecule has 0 aromatic heterocycles. The molecule has 2 nitrogen and oxygen atoms in total. The first-order valence-corrected chi connectivity index (χ1v) is 7.43. The van der Waals surface area contributed by atoms with Crippen molar-refractivity contribution in [1.29, 1.82) is 0 Å². The molecule has 2 aromatic carbocycles. The Hall–Kier alpha value is -1.83. The maximum absolute atomic E-state index is 11.2. The molecule has 0 heterocycles. The summed E-state index contributed by atoms with van der Waals surface area (Å²) in [6.45, 7) is 2.33. The van der Waals surface area contributed by atoms with Crippen molar-refractivity contribution >= 4 is 16.7 Å². The second-order valence-corrected chi connectivity index (χ2v) is 5.05. The van der Waals surface area contributed by atoms with Crippen molar-refractivity contribution in [3.8, 4) is 0 Å². The lowest BCUT2D eigenvalue weighted by Gasteiger charge is -2.04. The molecule has 20 heavy (non-hydrogen) atoms. The molecular weight excluding hydrogens is 248 g/mol. The standard InChI is InChI=1S/C18H22O2/c1-2-20-18(19)11-5-3-4-8-15-12-13-16-9-6-7-10-17(16)14-15/h6-7,9-10,12-14H,2-5,8,11H2,1H3. The number of carbonyl (C=O) groups is 1. The van der Waals surface area contributed by atoms with Crippen molar-refractivity contribution in [2.24, 2.45) is 0 Å². The number of benzene rings is 2. The molecule has 0 aliphatic heterocycles.